The topological polar surface area (TPSA) is 65.6 Å². The first kappa shape index (κ1) is 20.9. The molecule has 0 spiro atoms. The molecule has 0 atom stereocenters. The molecule has 8 heteroatoms. The van der Waals surface area contributed by atoms with Crippen molar-refractivity contribution in [3.05, 3.63) is 68.7 Å². The lowest BCUT2D eigenvalue weighted by Gasteiger charge is -2.12. The van der Waals surface area contributed by atoms with E-state index in [0.29, 0.717) is 45.2 Å². The Kier molecular flexibility index (Phi) is 5.35. The van der Waals surface area contributed by atoms with Crippen LogP contribution in [0, 0.1) is 0 Å². The molecule has 5 rings (SSSR count). The molecule has 0 saturated carbocycles. The van der Waals surface area contributed by atoms with Crippen LogP contribution in [0.3, 0.4) is 0 Å². The van der Waals surface area contributed by atoms with Crippen molar-refractivity contribution in [2.75, 3.05) is 0 Å². The summed E-state index contributed by atoms with van der Waals surface area (Å²) in [6, 6.07) is 13.0. The third-order valence-corrected chi connectivity index (χ3v) is 6.39. The zero-order valence-corrected chi connectivity index (χ0v) is 19.3. The first-order chi connectivity index (χ1) is 15.5. The second kappa shape index (κ2) is 8.19. The van der Waals surface area contributed by atoms with Crippen molar-refractivity contribution >= 4 is 56.4 Å². The van der Waals surface area contributed by atoms with E-state index in [0.717, 1.165) is 35.4 Å². The fourth-order valence-electron chi connectivity index (χ4n) is 4.06. The summed E-state index contributed by atoms with van der Waals surface area (Å²) in [7, 11) is 0. The average molecular weight is 466 g/mol. The van der Waals surface area contributed by atoms with Crippen LogP contribution in [0.5, 0.6) is 0 Å². The number of fused-ring (bicyclic) bond motifs is 4. The third kappa shape index (κ3) is 3.26. The highest BCUT2D eigenvalue weighted by Crippen LogP contribution is 2.31. The predicted molar refractivity (Wildman–Crippen MR) is 130 cm³/mol. The fourth-order valence-corrected chi connectivity index (χ4v) is 4.35. The Bertz CT molecular complexity index is 1550. The van der Waals surface area contributed by atoms with E-state index >= 15 is 0 Å². The van der Waals surface area contributed by atoms with Crippen LogP contribution in [0.1, 0.15) is 32.5 Å². The molecule has 0 amide bonds. The molecule has 0 aliphatic rings. The van der Waals surface area contributed by atoms with Crippen molar-refractivity contribution in [2.24, 2.45) is 0 Å². The highest BCUT2D eigenvalue weighted by atomic mass is 35.5. The molecule has 0 radical (unpaired) electrons. The van der Waals surface area contributed by atoms with E-state index < -0.39 is 0 Å². The molecule has 0 N–H and O–H groups in total. The third-order valence-electron chi connectivity index (χ3n) is 5.65. The summed E-state index contributed by atoms with van der Waals surface area (Å²) < 4.78 is 3.64. The molecule has 0 saturated heterocycles. The number of hydrogen-bond donors (Lipinski definition) is 0. The monoisotopic (exact) mass is 465 g/mol. The summed E-state index contributed by atoms with van der Waals surface area (Å²) in [5, 5.41) is 1.34. The van der Waals surface area contributed by atoms with Gasteiger partial charge in [0.15, 0.2) is 11.3 Å². The second-order valence-electron chi connectivity index (χ2n) is 7.71. The van der Waals surface area contributed by atoms with Gasteiger partial charge in [0.05, 0.1) is 26.8 Å². The van der Waals surface area contributed by atoms with Crippen LogP contribution in [0.15, 0.2) is 47.3 Å². The van der Waals surface area contributed by atoms with Gasteiger partial charge in [-0.3, -0.25) is 13.9 Å². The van der Waals surface area contributed by atoms with Gasteiger partial charge in [-0.2, -0.15) is 0 Å². The van der Waals surface area contributed by atoms with Gasteiger partial charge in [0.1, 0.15) is 16.7 Å². The van der Waals surface area contributed by atoms with Crippen molar-refractivity contribution in [2.45, 2.75) is 39.7 Å². The van der Waals surface area contributed by atoms with Crippen molar-refractivity contribution < 1.29 is 0 Å². The number of benzene rings is 2. The van der Waals surface area contributed by atoms with Crippen LogP contribution >= 0.6 is 23.2 Å². The van der Waals surface area contributed by atoms with Gasteiger partial charge in [-0.1, -0.05) is 55.6 Å². The van der Waals surface area contributed by atoms with Gasteiger partial charge in [0.2, 0.25) is 0 Å². The lowest BCUT2D eigenvalue weighted by Crippen LogP contribution is -2.25. The molecule has 5 aromatic rings. The van der Waals surface area contributed by atoms with Gasteiger partial charge in [0.25, 0.3) is 5.56 Å². The normalized spacial score (nSPS) is 11.8. The first-order valence-corrected chi connectivity index (χ1v) is 11.4. The van der Waals surface area contributed by atoms with Crippen LogP contribution in [-0.4, -0.2) is 24.1 Å². The van der Waals surface area contributed by atoms with Gasteiger partial charge in [-0.25, -0.2) is 15.0 Å². The maximum Gasteiger partial charge on any atom is 0.265 e. The van der Waals surface area contributed by atoms with E-state index in [-0.39, 0.29) is 5.56 Å². The largest absolute Gasteiger partial charge is 0.296 e. The number of para-hydroxylation sites is 2. The summed E-state index contributed by atoms with van der Waals surface area (Å²) in [5.74, 6) is 0.740. The van der Waals surface area contributed by atoms with Crippen LogP contribution in [0.25, 0.3) is 38.9 Å². The van der Waals surface area contributed by atoms with Gasteiger partial charge >= 0.3 is 0 Å². The smallest absolute Gasteiger partial charge is 0.265 e. The second-order valence-corrected chi connectivity index (χ2v) is 8.52. The fraction of sp³-hybridized carbons (Fsp3) is 0.250. The lowest BCUT2D eigenvalue weighted by atomic mass is 10.2. The SMILES string of the molecule is CCCCn1c(CC)nc2c(c1=O)c1nc3ccccc3nc1n2-c1ccc(Cl)c(Cl)c1. The Hall–Kier alpha value is -2.96. The summed E-state index contributed by atoms with van der Waals surface area (Å²) >= 11 is 12.5. The molecule has 2 aromatic carbocycles. The standard InChI is InChI=1S/C24H21Cl2N5O/c1-3-5-12-30-19(4-2)29-22-20(24(30)32)21-23(28-18-9-7-6-8-17(18)27-21)31(22)14-10-11-15(25)16(26)13-14/h6-11,13H,3-5,12H2,1-2H3. The molecule has 0 aliphatic heterocycles. The van der Waals surface area contributed by atoms with Gasteiger partial charge in [0, 0.05) is 13.0 Å². The minimum absolute atomic E-state index is 0.0892. The Morgan fingerprint density at radius 3 is 2.34 bits per heavy atom. The maximum absolute atomic E-state index is 13.7. The Morgan fingerprint density at radius 2 is 1.66 bits per heavy atom. The molecular weight excluding hydrogens is 445 g/mol. The number of nitrogens with zero attached hydrogens (tertiary/aromatic N) is 5. The zero-order chi connectivity index (χ0) is 22.4. The molecule has 0 unspecified atom stereocenters. The number of hydrogen-bond acceptors (Lipinski definition) is 4. The average Bonchev–Trinajstić information content (AvgIpc) is 3.11. The maximum atomic E-state index is 13.7. The van der Waals surface area contributed by atoms with Crippen molar-refractivity contribution in [3.63, 3.8) is 0 Å². The van der Waals surface area contributed by atoms with Gasteiger partial charge in [-0.15, -0.1) is 0 Å². The Morgan fingerprint density at radius 1 is 0.906 bits per heavy atom. The van der Waals surface area contributed by atoms with E-state index in [2.05, 4.69) is 6.92 Å². The van der Waals surface area contributed by atoms with Crippen molar-refractivity contribution in [3.8, 4) is 5.69 Å². The van der Waals surface area contributed by atoms with Crippen molar-refractivity contribution in [1.82, 2.24) is 24.1 Å². The van der Waals surface area contributed by atoms with E-state index in [1.54, 1.807) is 16.7 Å². The summed E-state index contributed by atoms with van der Waals surface area (Å²) in [6.07, 6.45) is 2.53. The molecule has 0 fully saturated rings. The van der Waals surface area contributed by atoms with E-state index in [1.165, 1.54) is 0 Å². The predicted octanol–water partition coefficient (Wildman–Crippen LogP) is 5.95. The molecule has 32 heavy (non-hydrogen) atoms. The molecule has 3 aromatic heterocycles. The Labute approximate surface area is 194 Å². The number of halogens is 2. The molecule has 0 aliphatic carbocycles. The van der Waals surface area contributed by atoms with Crippen LogP contribution < -0.4 is 5.56 Å². The summed E-state index contributed by atoms with van der Waals surface area (Å²) in [5.41, 5.74) is 3.74. The zero-order valence-electron chi connectivity index (χ0n) is 17.8. The number of aryl methyl sites for hydroxylation is 1. The van der Waals surface area contributed by atoms with E-state index in [4.69, 9.17) is 38.2 Å². The Balaban J connectivity index is 1.97. The van der Waals surface area contributed by atoms with Crippen molar-refractivity contribution in [1.29, 1.82) is 0 Å². The van der Waals surface area contributed by atoms with Gasteiger partial charge < -0.3 is 0 Å². The van der Waals surface area contributed by atoms with E-state index in [1.807, 2.05) is 41.8 Å². The van der Waals surface area contributed by atoms with Crippen LogP contribution in [0.2, 0.25) is 10.0 Å². The minimum atomic E-state index is -0.0892. The molecule has 3 heterocycles. The number of aromatic nitrogens is 5. The molecule has 162 valence electrons. The quantitative estimate of drug-likeness (QED) is 0.321. The highest BCUT2D eigenvalue weighted by Gasteiger charge is 2.23. The summed E-state index contributed by atoms with van der Waals surface area (Å²) in [6.45, 7) is 4.74. The van der Waals surface area contributed by atoms with Crippen LogP contribution in [0.4, 0.5) is 0 Å². The minimum Gasteiger partial charge on any atom is -0.296 e. The highest BCUT2D eigenvalue weighted by molar-refractivity contribution is 6.42. The first-order valence-electron chi connectivity index (χ1n) is 10.7. The van der Waals surface area contributed by atoms with Crippen LogP contribution in [-0.2, 0) is 13.0 Å². The summed E-state index contributed by atoms with van der Waals surface area (Å²) in [4.78, 5) is 28.4. The molecular formula is C24H21Cl2N5O. The molecule has 6 nitrogen and oxygen atoms in total. The lowest BCUT2D eigenvalue weighted by molar-refractivity contribution is 0.579. The van der Waals surface area contributed by atoms with Gasteiger partial charge in [-0.05, 0) is 36.8 Å². The van der Waals surface area contributed by atoms with E-state index in [9.17, 15) is 4.79 Å². The number of rotatable bonds is 5. The molecule has 0 bridgehead atoms. The number of unbranched alkanes of at least 4 members (excludes halogenated alkanes) is 1.